The third-order valence-corrected chi connectivity index (χ3v) is 11.6. The standard InChI is InChI=1S/C56H36N2/c1-3-11-43-33-45(26-20-37(43)9-1)39-16-22-41(23-17-39)55-49-13-5-6-14-50(49)56(42-24-18-40(19-25-42)46-27-21-38-10-2-4-12-44(38)34-46)52-35-47(28-30-51(52)55)54-31-29-48(36-58-54)53-15-7-8-32-57-53/h1-36H. The molecule has 0 spiro atoms. The van der Waals surface area contributed by atoms with E-state index in [1.54, 1.807) is 0 Å². The molecule has 0 fully saturated rings. The Morgan fingerprint density at radius 1 is 0.241 bits per heavy atom. The fourth-order valence-corrected chi connectivity index (χ4v) is 8.61. The van der Waals surface area contributed by atoms with E-state index in [-0.39, 0.29) is 0 Å². The molecule has 0 aliphatic carbocycles. The van der Waals surface area contributed by atoms with Crippen molar-refractivity contribution in [1.29, 1.82) is 0 Å². The lowest BCUT2D eigenvalue weighted by Gasteiger charge is -2.19. The second kappa shape index (κ2) is 14.1. The van der Waals surface area contributed by atoms with Crippen molar-refractivity contribution in [3.8, 4) is 67.0 Å². The van der Waals surface area contributed by atoms with Gasteiger partial charge in [0.05, 0.1) is 11.4 Å². The molecule has 11 aromatic rings. The molecule has 9 aromatic carbocycles. The predicted octanol–water partition coefficient (Wildman–Crippen LogP) is 15.1. The molecule has 2 nitrogen and oxygen atoms in total. The summed E-state index contributed by atoms with van der Waals surface area (Å²) in [6.45, 7) is 0. The van der Waals surface area contributed by atoms with E-state index in [1.807, 2.05) is 30.6 Å². The van der Waals surface area contributed by atoms with Gasteiger partial charge < -0.3 is 0 Å². The molecule has 2 heterocycles. The van der Waals surface area contributed by atoms with E-state index in [2.05, 4.69) is 193 Å². The molecule has 0 unspecified atom stereocenters. The van der Waals surface area contributed by atoms with E-state index in [0.717, 1.165) is 22.5 Å². The summed E-state index contributed by atoms with van der Waals surface area (Å²) in [5.74, 6) is 0. The SMILES string of the molecule is c1ccc(-c2ccc(-c3ccc4c(-c5ccc(-c6ccc7ccccc7c6)cc5)c5ccccc5c(-c5ccc(-c6ccc7ccccc7c6)cc5)c4c3)nc2)nc1. The maximum Gasteiger partial charge on any atom is 0.0717 e. The smallest absolute Gasteiger partial charge is 0.0717 e. The van der Waals surface area contributed by atoms with Gasteiger partial charge in [0, 0.05) is 23.5 Å². The molecule has 270 valence electrons. The summed E-state index contributed by atoms with van der Waals surface area (Å²) >= 11 is 0. The predicted molar refractivity (Wildman–Crippen MR) is 245 cm³/mol. The highest BCUT2D eigenvalue weighted by molar-refractivity contribution is 6.22. The molecule has 0 amide bonds. The normalized spacial score (nSPS) is 11.4. The zero-order valence-corrected chi connectivity index (χ0v) is 31.7. The minimum atomic E-state index is 0.914. The molecule has 2 heteroatoms. The molecular formula is C56H36N2. The molecule has 0 radical (unpaired) electrons. The first-order valence-corrected chi connectivity index (χ1v) is 19.8. The van der Waals surface area contributed by atoms with Crippen LogP contribution in [0.3, 0.4) is 0 Å². The van der Waals surface area contributed by atoms with Gasteiger partial charge in [-0.15, -0.1) is 0 Å². The Bertz CT molecular complexity index is 3290. The largest absolute Gasteiger partial charge is 0.256 e. The van der Waals surface area contributed by atoms with Gasteiger partial charge in [0.25, 0.3) is 0 Å². The van der Waals surface area contributed by atoms with Crippen LogP contribution in [0.1, 0.15) is 0 Å². The highest BCUT2D eigenvalue weighted by Crippen LogP contribution is 2.45. The minimum absolute atomic E-state index is 0.914. The van der Waals surface area contributed by atoms with E-state index in [4.69, 9.17) is 4.98 Å². The summed E-state index contributed by atoms with van der Waals surface area (Å²) in [6.07, 6.45) is 3.75. The van der Waals surface area contributed by atoms with Crippen LogP contribution in [-0.2, 0) is 0 Å². The lowest BCUT2D eigenvalue weighted by molar-refractivity contribution is 1.28. The maximum absolute atomic E-state index is 4.96. The van der Waals surface area contributed by atoms with Gasteiger partial charge in [0.15, 0.2) is 0 Å². The van der Waals surface area contributed by atoms with Gasteiger partial charge in [-0.25, -0.2) is 0 Å². The van der Waals surface area contributed by atoms with Crippen molar-refractivity contribution in [3.63, 3.8) is 0 Å². The van der Waals surface area contributed by atoms with Crippen LogP contribution in [0.2, 0.25) is 0 Å². The van der Waals surface area contributed by atoms with Crippen molar-refractivity contribution in [2.75, 3.05) is 0 Å². The number of nitrogens with zero attached hydrogens (tertiary/aromatic N) is 2. The van der Waals surface area contributed by atoms with Gasteiger partial charge in [0.2, 0.25) is 0 Å². The number of fused-ring (bicyclic) bond motifs is 4. The molecular weight excluding hydrogens is 701 g/mol. The van der Waals surface area contributed by atoms with Gasteiger partial charge in [-0.05, 0) is 130 Å². The lowest BCUT2D eigenvalue weighted by Crippen LogP contribution is -1.93. The molecule has 0 aliphatic rings. The second-order valence-corrected chi connectivity index (χ2v) is 15.0. The van der Waals surface area contributed by atoms with Crippen molar-refractivity contribution in [2.24, 2.45) is 0 Å². The van der Waals surface area contributed by atoms with Gasteiger partial charge in [0.1, 0.15) is 0 Å². The summed E-state index contributed by atoms with van der Waals surface area (Å²) in [4.78, 5) is 9.50. The monoisotopic (exact) mass is 736 g/mol. The average molecular weight is 737 g/mol. The first kappa shape index (κ1) is 33.6. The van der Waals surface area contributed by atoms with E-state index in [0.29, 0.717) is 0 Å². The van der Waals surface area contributed by atoms with Crippen LogP contribution in [0.5, 0.6) is 0 Å². The number of benzene rings is 9. The molecule has 0 N–H and O–H groups in total. The molecule has 0 atom stereocenters. The van der Waals surface area contributed by atoms with Crippen LogP contribution in [0, 0.1) is 0 Å². The molecule has 0 bridgehead atoms. The Hall–Kier alpha value is -7.68. The van der Waals surface area contributed by atoms with Gasteiger partial charge in [-0.2, -0.15) is 0 Å². The minimum Gasteiger partial charge on any atom is -0.256 e. The first-order valence-electron chi connectivity index (χ1n) is 19.8. The Kier molecular flexibility index (Phi) is 8.19. The topological polar surface area (TPSA) is 25.8 Å². The van der Waals surface area contributed by atoms with E-state index >= 15 is 0 Å². The van der Waals surface area contributed by atoms with Crippen LogP contribution in [0.4, 0.5) is 0 Å². The van der Waals surface area contributed by atoms with Crippen LogP contribution < -0.4 is 0 Å². The van der Waals surface area contributed by atoms with Crippen molar-refractivity contribution in [1.82, 2.24) is 9.97 Å². The maximum atomic E-state index is 4.96. The first-order chi connectivity index (χ1) is 28.7. The summed E-state index contributed by atoms with van der Waals surface area (Å²) in [7, 11) is 0. The molecule has 2 aromatic heterocycles. The van der Waals surface area contributed by atoms with Crippen molar-refractivity contribution in [2.45, 2.75) is 0 Å². The molecule has 0 aliphatic heterocycles. The van der Waals surface area contributed by atoms with Gasteiger partial charge in [-0.1, -0.05) is 164 Å². The molecule has 0 saturated heterocycles. The Morgan fingerprint density at radius 3 is 1.24 bits per heavy atom. The number of hydrogen-bond acceptors (Lipinski definition) is 2. The summed E-state index contributed by atoms with van der Waals surface area (Å²) < 4.78 is 0. The zero-order chi connectivity index (χ0) is 38.4. The van der Waals surface area contributed by atoms with Crippen LogP contribution in [-0.4, -0.2) is 9.97 Å². The highest BCUT2D eigenvalue weighted by atomic mass is 14.7. The van der Waals surface area contributed by atoms with Crippen molar-refractivity contribution < 1.29 is 0 Å². The Labute approximate surface area is 337 Å². The van der Waals surface area contributed by atoms with E-state index in [1.165, 1.54) is 87.6 Å². The van der Waals surface area contributed by atoms with Crippen LogP contribution in [0.15, 0.2) is 219 Å². The molecule has 11 rings (SSSR count). The average Bonchev–Trinajstić information content (AvgIpc) is 3.31. The fraction of sp³-hybridized carbons (Fsp3) is 0. The quantitative estimate of drug-likeness (QED) is 0.159. The summed E-state index contributed by atoms with van der Waals surface area (Å²) in [5.41, 5.74) is 13.6. The number of hydrogen-bond donors (Lipinski definition) is 0. The number of rotatable bonds is 6. The van der Waals surface area contributed by atoms with Crippen LogP contribution in [0.25, 0.3) is 110 Å². The Morgan fingerprint density at radius 2 is 0.690 bits per heavy atom. The third kappa shape index (κ3) is 6.00. The lowest BCUT2D eigenvalue weighted by atomic mass is 9.84. The second-order valence-electron chi connectivity index (χ2n) is 15.0. The molecule has 0 saturated carbocycles. The van der Waals surface area contributed by atoms with Crippen LogP contribution >= 0.6 is 0 Å². The zero-order valence-electron chi connectivity index (χ0n) is 31.7. The van der Waals surface area contributed by atoms with Crippen molar-refractivity contribution in [3.05, 3.63) is 219 Å². The number of aromatic nitrogens is 2. The fourth-order valence-electron chi connectivity index (χ4n) is 8.61. The summed E-state index contributed by atoms with van der Waals surface area (Å²) in [6, 6.07) is 74.7. The highest BCUT2D eigenvalue weighted by Gasteiger charge is 2.18. The molecule has 58 heavy (non-hydrogen) atoms. The Balaban J connectivity index is 1.08. The van der Waals surface area contributed by atoms with E-state index < -0.39 is 0 Å². The number of pyridine rings is 2. The van der Waals surface area contributed by atoms with Gasteiger partial charge >= 0.3 is 0 Å². The van der Waals surface area contributed by atoms with Crippen molar-refractivity contribution >= 4 is 43.1 Å². The third-order valence-electron chi connectivity index (χ3n) is 11.6. The summed E-state index contributed by atoms with van der Waals surface area (Å²) in [5, 5.41) is 9.85. The van der Waals surface area contributed by atoms with E-state index in [9.17, 15) is 0 Å². The van der Waals surface area contributed by atoms with Gasteiger partial charge in [-0.3, -0.25) is 9.97 Å².